The molecule has 0 bridgehead atoms. The summed E-state index contributed by atoms with van der Waals surface area (Å²) in [5, 5.41) is 3.93. The second-order valence-electron chi connectivity index (χ2n) is 7.84. The number of allylic oxidation sites excluding steroid dienone is 1. The van der Waals surface area contributed by atoms with Crippen molar-refractivity contribution in [3.63, 3.8) is 0 Å². The van der Waals surface area contributed by atoms with Gasteiger partial charge in [-0.1, -0.05) is 49.4 Å². The highest BCUT2D eigenvalue weighted by molar-refractivity contribution is 6.06. The van der Waals surface area contributed by atoms with Crippen molar-refractivity contribution in [1.82, 2.24) is 0 Å². The molecule has 4 nitrogen and oxygen atoms in total. The van der Waals surface area contributed by atoms with Gasteiger partial charge >= 0.3 is 0 Å². The molecule has 1 N–H and O–H groups in total. The van der Waals surface area contributed by atoms with E-state index in [0.29, 0.717) is 5.75 Å². The number of rotatable bonds is 6. The van der Waals surface area contributed by atoms with E-state index < -0.39 is 0 Å². The molecular formula is C28H27NO3. The Morgan fingerprint density at radius 2 is 1.81 bits per heavy atom. The van der Waals surface area contributed by atoms with Gasteiger partial charge in [0.1, 0.15) is 11.3 Å². The molecule has 0 aliphatic carbocycles. The van der Waals surface area contributed by atoms with Crippen LogP contribution in [0.4, 0.5) is 5.69 Å². The van der Waals surface area contributed by atoms with Crippen LogP contribution >= 0.6 is 0 Å². The molecule has 0 saturated heterocycles. The number of amides is 1. The molecular weight excluding hydrogens is 398 g/mol. The molecule has 0 radical (unpaired) electrons. The zero-order valence-corrected chi connectivity index (χ0v) is 18.9. The van der Waals surface area contributed by atoms with E-state index in [-0.39, 0.29) is 5.91 Å². The van der Waals surface area contributed by atoms with E-state index in [1.165, 1.54) is 5.56 Å². The van der Waals surface area contributed by atoms with Crippen molar-refractivity contribution in [1.29, 1.82) is 0 Å². The summed E-state index contributed by atoms with van der Waals surface area (Å²) in [5.41, 5.74) is 7.48. The average Bonchev–Trinajstić information content (AvgIpc) is 3.24. The first-order valence-electron chi connectivity index (χ1n) is 10.7. The number of fused-ring (bicyclic) bond motifs is 1. The van der Waals surface area contributed by atoms with Gasteiger partial charge in [0.25, 0.3) is 0 Å². The predicted molar refractivity (Wildman–Crippen MR) is 131 cm³/mol. The van der Waals surface area contributed by atoms with Gasteiger partial charge in [-0.25, -0.2) is 0 Å². The van der Waals surface area contributed by atoms with E-state index >= 15 is 0 Å². The highest BCUT2D eigenvalue weighted by Crippen LogP contribution is 2.40. The summed E-state index contributed by atoms with van der Waals surface area (Å²) in [6, 6.07) is 20.1. The fourth-order valence-electron chi connectivity index (χ4n) is 3.99. The van der Waals surface area contributed by atoms with Crippen LogP contribution in [0.15, 0.2) is 77.4 Å². The van der Waals surface area contributed by atoms with Gasteiger partial charge in [0.15, 0.2) is 0 Å². The molecule has 32 heavy (non-hydrogen) atoms. The quantitative estimate of drug-likeness (QED) is 0.338. The molecule has 0 unspecified atom stereocenters. The number of carbonyl (C=O) groups is 1. The van der Waals surface area contributed by atoms with Gasteiger partial charge < -0.3 is 14.5 Å². The average molecular weight is 426 g/mol. The molecule has 0 fully saturated rings. The Hall–Kier alpha value is -3.79. The summed E-state index contributed by atoms with van der Waals surface area (Å²) in [7, 11) is 1.64. The van der Waals surface area contributed by atoms with Crippen LogP contribution in [-0.2, 0) is 11.2 Å². The lowest BCUT2D eigenvalue weighted by molar-refractivity contribution is -0.111. The number of nitrogens with one attached hydrogen (secondary N) is 1. The van der Waals surface area contributed by atoms with Crippen molar-refractivity contribution in [2.45, 2.75) is 27.2 Å². The summed E-state index contributed by atoms with van der Waals surface area (Å²) in [4.78, 5) is 12.7. The lowest BCUT2D eigenvalue weighted by atomic mass is 9.96. The number of carbonyl (C=O) groups excluding carboxylic acids is 1. The number of hydrogen-bond donors (Lipinski definition) is 1. The zero-order valence-electron chi connectivity index (χ0n) is 18.9. The van der Waals surface area contributed by atoms with Crippen molar-refractivity contribution in [3.8, 4) is 16.9 Å². The molecule has 1 aromatic heterocycles. The Kier molecular flexibility index (Phi) is 6.13. The first kappa shape index (κ1) is 21.4. The summed E-state index contributed by atoms with van der Waals surface area (Å²) in [6.07, 6.45) is 4.36. The molecule has 1 heterocycles. The normalized spacial score (nSPS) is 11.6. The van der Waals surface area contributed by atoms with Gasteiger partial charge in [-0.3, -0.25) is 4.79 Å². The Labute approximate surface area is 188 Å². The minimum Gasteiger partial charge on any atom is -0.496 e. The van der Waals surface area contributed by atoms with Crippen LogP contribution in [-0.4, -0.2) is 13.0 Å². The second kappa shape index (κ2) is 9.15. The van der Waals surface area contributed by atoms with Crippen LogP contribution in [0.5, 0.6) is 5.75 Å². The molecule has 3 aromatic carbocycles. The number of ether oxygens (including phenoxy) is 1. The molecule has 1 amide bonds. The molecule has 0 aliphatic heterocycles. The Morgan fingerprint density at radius 3 is 2.47 bits per heavy atom. The standard InChI is InChI=1S/C28H27NO3/c1-5-20-11-13-22(14-12-20)29-26(30)15-18(2)23-16-24-25(21-9-7-6-8-10-21)17-32-28(24)19(3)27(23)31-4/h6-17H,5H2,1-4H3,(H,29,30)/b18-15+. The van der Waals surface area contributed by atoms with Crippen LogP contribution in [0.25, 0.3) is 27.7 Å². The van der Waals surface area contributed by atoms with E-state index in [2.05, 4.69) is 24.4 Å². The largest absolute Gasteiger partial charge is 0.496 e. The van der Waals surface area contributed by atoms with E-state index in [1.807, 2.05) is 62.4 Å². The number of aryl methyl sites for hydroxylation is 2. The third kappa shape index (κ3) is 4.17. The van der Waals surface area contributed by atoms with E-state index in [4.69, 9.17) is 9.15 Å². The third-order valence-electron chi connectivity index (χ3n) is 5.73. The molecule has 0 spiro atoms. The zero-order chi connectivity index (χ0) is 22.7. The van der Waals surface area contributed by atoms with Gasteiger partial charge in [0, 0.05) is 33.8 Å². The maximum atomic E-state index is 12.7. The minimum absolute atomic E-state index is 0.179. The van der Waals surface area contributed by atoms with Gasteiger partial charge in [-0.2, -0.15) is 0 Å². The third-order valence-corrected chi connectivity index (χ3v) is 5.73. The van der Waals surface area contributed by atoms with Crippen molar-refractivity contribution in [2.24, 2.45) is 0 Å². The van der Waals surface area contributed by atoms with E-state index in [9.17, 15) is 4.79 Å². The van der Waals surface area contributed by atoms with E-state index in [0.717, 1.165) is 50.9 Å². The van der Waals surface area contributed by atoms with E-state index in [1.54, 1.807) is 19.4 Å². The minimum atomic E-state index is -0.179. The molecule has 0 saturated carbocycles. The van der Waals surface area contributed by atoms with Crippen molar-refractivity contribution >= 4 is 28.1 Å². The number of anilines is 1. The van der Waals surface area contributed by atoms with Gasteiger partial charge in [-0.15, -0.1) is 0 Å². The lowest BCUT2D eigenvalue weighted by Crippen LogP contribution is -2.08. The molecule has 4 rings (SSSR count). The monoisotopic (exact) mass is 425 g/mol. The number of benzene rings is 3. The van der Waals surface area contributed by atoms with Crippen LogP contribution in [0.1, 0.15) is 30.5 Å². The molecule has 4 aromatic rings. The van der Waals surface area contributed by atoms with Crippen molar-refractivity contribution in [3.05, 3.63) is 89.7 Å². The SMILES string of the molecule is CCc1ccc(NC(=O)/C=C(\C)c2cc3c(-c4ccccc4)coc3c(C)c2OC)cc1. The van der Waals surface area contributed by atoms with Gasteiger partial charge in [0.2, 0.25) is 5.91 Å². The molecule has 162 valence electrons. The van der Waals surface area contributed by atoms with Crippen molar-refractivity contribution in [2.75, 3.05) is 12.4 Å². The van der Waals surface area contributed by atoms with Gasteiger partial charge in [0.05, 0.1) is 13.4 Å². The van der Waals surface area contributed by atoms with Crippen molar-refractivity contribution < 1.29 is 13.9 Å². The predicted octanol–water partition coefficient (Wildman–Crippen LogP) is 7.02. The Morgan fingerprint density at radius 1 is 1.09 bits per heavy atom. The number of methoxy groups -OCH3 is 1. The first-order valence-corrected chi connectivity index (χ1v) is 10.7. The number of furan rings is 1. The first-order chi connectivity index (χ1) is 15.5. The highest BCUT2D eigenvalue weighted by Gasteiger charge is 2.18. The molecule has 0 atom stereocenters. The summed E-state index contributed by atoms with van der Waals surface area (Å²) >= 11 is 0. The van der Waals surface area contributed by atoms with Crippen LogP contribution in [0.3, 0.4) is 0 Å². The fourth-order valence-corrected chi connectivity index (χ4v) is 3.99. The van der Waals surface area contributed by atoms with Crippen LogP contribution < -0.4 is 10.1 Å². The topological polar surface area (TPSA) is 51.5 Å². The maximum absolute atomic E-state index is 12.7. The smallest absolute Gasteiger partial charge is 0.248 e. The highest BCUT2D eigenvalue weighted by atomic mass is 16.5. The number of hydrogen-bond acceptors (Lipinski definition) is 3. The summed E-state index contributed by atoms with van der Waals surface area (Å²) in [6.45, 7) is 6.01. The summed E-state index contributed by atoms with van der Waals surface area (Å²) in [5.74, 6) is 0.530. The van der Waals surface area contributed by atoms with Crippen LogP contribution in [0, 0.1) is 6.92 Å². The molecule has 0 aliphatic rings. The molecule has 4 heteroatoms. The Bertz CT molecular complexity index is 1280. The Balaban J connectivity index is 1.72. The summed E-state index contributed by atoms with van der Waals surface area (Å²) < 4.78 is 11.6. The maximum Gasteiger partial charge on any atom is 0.248 e. The second-order valence-corrected chi connectivity index (χ2v) is 7.84. The van der Waals surface area contributed by atoms with Crippen LogP contribution in [0.2, 0.25) is 0 Å². The van der Waals surface area contributed by atoms with Gasteiger partial charge in [-0.05, 0) is 55.2 Å². The lowest BCUT2D eigenvalue weighted by Gasteiger charge is -2.13. The fraction of sp³-hybridized carbons (Fsp3) is 0.179.